The molecule has 29 heavy (non-hydrogen) atoms. The number of fused-ring (bicyclic) bond motifs is 1. The molecule has 0 N–H and O–H groups in total. The number of carbonyl (C=O) groups is 1. The Labute approximate surface area is 172 Å². The van der Waals surface area contributed by atoms with Crippen molar-refractivity contribution in [3.63, 3.8) is 0 Å². The molecule has 1 aromatic heterocycles. The van der Waals surface area contributed by atoms with Crippen LogP contribution in [0.4, 0.5) is 0 Å². The second-order valence-electron chi connectivity index (χ2n) is 6.51. The third-order valence-electron chi connectivity index (χ3n) is 4.34. The number of aryl methyl sites for hydroxylation is 1. The molecule has 0 bridgehead atoms. The molecular formula is C24H18N2O2S. The van der Waals surface area contributed by atoms with Crippen molar-refractivity contribution in [3.8, 4) is 23.8 Å². The van der Waals surface area contributed by atoms with E-state index in [2.05, 4.69) is 17.0 Å². The largest absolute Gasteiger partial charge is 0.457 e. The van der Waals surface area contributed by atoms with Gasteiger partial charge in [0, 0.05) is 5.56 Å². The number of aromatic nitrogens is 1. The number of rotatable bonds is 4. The van der Waals surface area contributed by atoms with E-state index in [1.54, 1.807) is 18.2 Å². The minimum absolute atomic E-state index is 0.336. The predicted molar refractivity (Wildman–Crippen MR) is 116 cm³/mol. The van der Waals surface area contributed by atoms with Crippen molar-refractivity contribution < 1.29 is 9.53 Å². The summed E-state index contributed by atoms with van der Waals surface area (Å²) in [5.74, 6) is 3.60. The third kappa shape index (κ3) is 4.13. The van der Waals surface area contributed by atoms with E-state index in [9.17, 15) is 4.79 Å². The van der Waals surface area contributed by atoms with Gasteiger partial charge >= 0.3 is 0 Å². The lowest BCUT2D eigenvalue weighted by Gasteiger charge is -2.06. The number of thiazole rings is 1. The maximum Gasteiger partial charge on any atom is 0.279 e. The van der Waals surface area contributed by atoms with Crippen LogP contribution >= 0.6 is 11.3 Å². The number of amides is 1. The van der Waals surface area contributed by atoms with Gasteiger partial charge in [-0.05, 0) is 55.0 Å². The van der Waals surface area contributed by atoms with Crippen LogP contribution in [0, 0.1) is 19.3 Å². The van der Waals surface area contributed by atoms with E-state index in [4.69, 9.17) is 11.2 Å². The molecule has 5 heteroatoms. The molecule has 0 aliphatic carbocycles. The molecule has 0 saturated carbocycles. The number of nitrogens with zero attached hydrogens (tertiary/aromatic N) is 2. The molecule has 4 rings (SSSR count). The predicted octanol–water partition coefficient (Wildman–Crippen LogP) is 5.18. The topological polar surface area (TPSA) is 43.6 Å². The lowest BCUT2D eigenvalue weighted by molar-refractivity contribution is 0.0997. The first-order valence-electron chi connectivity index (χ1n) is 9.09. The quantitative estimate of drug-likeness (QED) is 0.445. The number of benzene rings is 3. The molecule has 0 aliphatic rings. The van der Waals surface area contributed by atoms with Crippen molar-refractivity contribution in [1.82, 2.24) is 4.57 Å². The molecule has 142 valence electrons. The van der Waals surface area contributed by atoms with E-state index in [-0.39, 0.29) is 5.91 Å². The zero-order valence-corrected chi connectivity index (χ0v) is 16.6. The summed E-state index contributed by atoms with van der Waals surface area (Å²) in [4.78, 5) is 17.8. The summed E-state index contributed by atoms with van der Waals surface area (Å²) in [5, 5.41) is 0. The van der Waals surface area contributed by atoms with Crippen LogP contribution in [0.25, 0.3) is 10.2 Å². The van der Waals surface area contributed by atoms with E-state index < -0.39 is 0 Å². The second-order valence-corrected chi connectivity index (χ2v) is 7.52. The third-order valence-corrected chi connectivity index (χ3v) is 5.39. The second kappa shape index (κ2) is 8.17. The Bertz CT molecular complexity index is 1290. The Kier molecular flexibility index (Phi) is 5.28. The first-order chi connectivity index (χ1) is 14.1. The average molecular weight is 398 g/mol. The van der Waals surface area contributed by atoms with Crippen LogP contribution in [0.15, 0.2) is 77.8 Å². The average Bonchev–Trinajstić information content (AvgIpc) is 3.05. The zero-order chi connectivity index (χ0) is 20.2. The minimum atomic E-state index is -0.336. The number of terminal acetylenes is 1. The van der Waals surface area contributed by atoms with Crippen LogP contribution in [0.5, 0.6) is 11.5 Å². The van der Waals surface area contributed by atoms with Crippen LogP contribution in [0.2, 0.25) is 0 Å². The van der Waals surface area contributed by atoms with Gasteiger partial charge in [0.05, 0.1) is 16.8 Å². The van der Waals surface area contributed by atoms with Crippen molar-refractivity contribution >= 4 is 27.5 Å². The van der Waals surface area contributed by atoms with Gasteiger partial charge in [0.25, 0.3) is 5.91 Å². The highest BCUT2D eigenvalue weighted by Gasteiger charge is 2.10. The summed E-state index contributed by atoms with van der Waals surface area (Å²) < 4.78 is 8.76. The fourth-order valence-corrected chi connectivity index (χ4v) is 4.10. The number of ether oxygens (including phenoxy) is 1. The molecular weight excluding hydrogens is 380 g/mol. The summed E-state index contributed by atoms with van der Waals surface area (Å²) in [5.41, 5.74) is 2.58. The maximum absolute atomic E-state index is 12.8. The van der Waals surface area contributed by atoms with Crippen LogP contribution in [-0.2, 0) is 6.54 Å². The fraction of sp³-hybridized carbons (Fsp3) is 0.0833. The molecule has 4 nitrogen and oxygen atoms in total. The summed E-state index contributed by atoms with van der Waals surface area (Å²) >= 11 is 1.46. The molecule has 0 radical (unpaired) electrons. The lowest BCUT2D eigenvalue weighted by atomic mass is 10.2. The summed E-state index contributed by atoms with van der Waals surface area (Å²) in [6.45, 7) is 2.39. The van der Waals surface area contributed by atoms with Crippen LogP contribution in [0.3, 0.4) is 0 Å². The molecule has 0 atom stereocenters. The van der Waals surface area contributed by atoms with E-state index in [0.29, 0.717) is 28.4 Å². The summed E-state index contributed by atoms with van der Waals surface area (Å²) in [6.07, 6.45) is 5.54. The molecule has 1 heterocycles. The van der Waals surface area contributed by atoms with Crippen molar-refractivity contribution in [3.05, 3.63) is 88.7 Å². The normalized spacial score (nSPS) is 11.4. The molecule has 0 unspecified atom stereocenters. The Morgan fingerprint density at radius 1 is 1.07 bits per heavy atom. The molecule has 1 amide bonds. The van der Waals surface area contributed by atoms with Gasteiger partial charge in [-0.3, -0.25) is 4.79 Å². The highest BCUT2D eigenvalue weighted by molar-refractivity contribution is 7.16. The highest BCUT2D eigenvalue weighted by Crippen LogP contribution is 2.22. The van der Waals surface area contributed by atoms with Gasteiger partial charge in [-0.25, -0.2) is 0 Å². The van der Waals surface area contributed by atoms with Gasteiger partial charge in [0.2, 0.25) is 0 Å². The van der Waals surface area contributed by atoms with Gasteiger partial charge in [-0.15, -0.1) is 6.42 Å². The van der Waals surface area contributed by atoms with Gasteiger partial charge in [0.15, 0.2) is 4.80 Å². The van der Waals surface area contributed by atoms with Gasteiger partial charge in [-0.2, -0.15) is 4.99 Å². The first-order valence-corrected chi connectivity index (χ1v) is 9.91. The monoisotopic (exact) mass is 398 g/mol. The smallest absolute Gasteiger partial charge is 0.279 e. The minimum Gasteiger partial charge on any atom is -0.457 e. The number of para-hydroxylation sites is 1. The van der Waals surface area contributed by atoms with Crippen LogP contribution in [-0.4, -0.2) is 10.5 Å². The SMILES string of the molecule is C#CCn1c(=NC(=O)c2cccc(Oc3ccccc3)c2)sc2cc(C)ccc21. The Hall–Kier alpha value is -3.62. The van der Waals surface area contributed by atoms with E-state index in [1.807, 2.05) is 60.0 Å². The number of hydrogen-bond acceptors (Lipinski definition) is 3. The molecule has 4 aromatic rings. The van der Waals surface area contributed by atoms with E-state index >= 15 is 0 Å². The van der Waals surface area contributed by atoms with Crippen molar-refractivity contribution in [2.75, 3.05) is 0 Å². The van der Waals surface area contributed by atoms with Crippen molar-refractivity contribution in [1.29, 1.82) is 0 Å². The van der Waals surface area contributed by atoms with Gasteiger partial charge in [-0.1, -0.05) is 47.6 Å². The highest BCUT2D eigenvalue weighted by atomic mass is 32.1. The molecule has 0 fully saturated rings. The molecule has 3 aromatic carbocycles. The van der Waals surface area contributed by atoms with E-state index in [0.717, 1.165) is 15.8 Å². The lowest BCUT2D eigenvalue weighted by Crippen LogP contribution is -2.16. The summed E-state index contributed by atoms with van der Waals surface area (Å²) in [6, 6.07) is 22.6. The first kappa shape index (κ1) is 18.7. The Morgan fingerprint density at radius 3 is 2.66 bits per heavy atom. The molecule has 0 aliphatic heterocycles. The zero-order valence-electron chi connectivity index (χ0n) is 15.8. The van der Waals surface area contributed by atoms with Crippen molar-refractivity contribution in [2.45, 2.75) is 13.5 Å². The van der Waals surface area contributed by atoms with Crippen LogP contribution < -0.4 is 9.54 Å². The Balaban J connectivity index is 1.70. The molecule has 0 spiro atoms. The number of carbonyl (C=O) groups excluding carboxylic acids is 1. The van der Waals surface area contributed by atoms with Gasteiger partial charge < -0.3 is 9.30 Å². The summed E-state index contributed by atoms with van der Waals surface area (Å²) in [7, 11) is 0. The standard InChI is InChI=1S/C24H18N2O2S/c1-3-14-26-21-13-12-17(2)15-22(21)29-24(26)25-23(27)18-8-7-11-20(16-18)28-19-9-5-4-6-10-19/h1,4-13,15-16H,14H2,2H3. The van der Waals surface area contributed by atoms with Crippen molar-refractivity contribution in [2.24, 2.45) is 4.99 Å². The fourth-order valence-electron chi connectivity index (χ4n) is 2.98. The molecule has 0 saturated heterocycles. The van der Waals surface area contributed by atoms with Crippen LogP contribution in [0.1, 0.15) is 15.9 Å². The van der Waals surface area contributed by atoms with Gasteiger partial charge in [0.1, 0.15) is 11.5 Å². The van der Waals surface area contributed by atoms with E-state index in [1.165, 1.54) is 11.3 Å². The number of hydrogen-bond donors (Lipinski definition) is 0. The Morgan fingerprint density at radius 2 is 1.86 bits per heavy atom. The maximum atomic E-state index is 12.8.